The molecule has 3 heteroatoms. The zero-order valence-electron chi connectivity index (χ0n) is 12.1. The van der Waals surface area contributed by atoms with Gasteiger partial charge in [-0.15, -0.1) is 0 Å². The number of allylic oxidation sites excluding steroid dienone is 4. The Kier molecular flexibility index (Phi) is 5.00. The van der Waals surface area contributed by atoms with Crippen LogP contribution in [-0.2, 0) is 4.74 Å². The molecule has 101 valence electrons. The number of nitrogens with zero attached hydrogens (tertiary/aromatic N) is 1. The van der Waals surface area contributed by atoms with Crippen molar-refractivity contribution in [2.75, 3.05) is 13.1 Å². The molecular formula is C15H24NO2. The molecule has 0 aromatic rings. The highest BCUT2D eigenvalue weighted by atomic mass is 16.6. The summed E-state index contributed by atoms with van der Waals surface area (Å²) in [7, 11) is 0. The quantitative estimate of drug-likeness (QED) is 0.759. The van der Waals surface area contributed by atoms with E-state index in [4.69, 9.17) is 4.74 Å². The van der Waals surface area contributed by atoms with Gasteiger partial charge < -0.3 is 9.64 Å². The third-order valence-corrected chi connectivity index (χ3v) is 3.05. The molecule has 0 spiro atoms. The Bertz CT molecular complexity index is 357. The van der Waals surface area contributed by atoms with Crippen molar-refractivity contribution in [3.8, 4) is 0 Å². The Hall–Kier alpha value is -1.25. The fourth-order valence-corrected chi connectivity index (χ4v) is 1.81. The molecule has 0 unspecified atom stereocenters. The lowest BCUT2D eigenvalue weighted by atomic mass is 9.83. The van der Waals surface area contributed by atoms with Crippen molar-refractivity contribution < 1.29 is 9.53 Å². The Morgan fingerprint density at radius 1 is 1.33 bits per heavy atom. The first-order valence-corrected chi connectivity index (χ1v) is 6.60. The highest BCUT2D eigenvalue weighted by molar-refractivity contribution is 5.69. The maximum atomic E-state index is 11.9. The van der Waals surface area contributed by atoms with Crippen LogP contribution in [0.2, 0.25) is 0 Å². The first kappa shape index (κ1) is 14.8. The van der Waals surface area contributed by atoms with E-state index >= 15 is 0 Å². The molecule has 1 aliphatic rings. The van der Waals surface area contributed by atoms with E-state index < -0.39 is 0 Å². The normalized spacial score (nSPS) is 15.8. The lowest BCUT2D eigenvalue weighted by molar-refractivity contribution is 0.134. The molecule has 0 aromatic carbocycles. The van der Waals surface area contributed by atoms with Gasteiger partial charge in [-0.05, 0) is 37.3 Å². The second-order valence-electron chi connectivity index (χ2n) is 5.44. The second-order valence-corrected chi connectivity index (χ2v) is 5.44. The summed E-state index contributed by atoms with van der Waals surface area (Å²) in [5.41, 5.74) is 1.30. The van der Waals surface area contributed by atoms with Crippen LogP contribution in [0.5, 0.6) is 0 Å². The standard InChI is InChI=1S/C15H24NO2/c1-6-16(7-2)14(17)18-13-10-8-9-12(11-13)15(3,4)5/h9-11H,6-8H2,1-5H3. The predicted molar refractivity (Wildman–Crippen MR) is 73.9 cm³/mol. The Morgan fingerprint density at radius 2 is 1.94 bits per heavy atom. The van der Waals surface area contributed by atoms with Crippen molar-refractivity contribution in [1.82, 2.24) is 4.90 Å². The topological polar surface area (TPSA) is 29.5 Å². The second kappa shape index (κ2) is 6.07. The summed E-state index contributed by atoms with van der Waals surface area (Å²) >= 11 is 0. The molecule has 0 saturated carbocycles. The van der Waals surface area contributed by atoms with E-state index in [0.29, 0.717) is 18.8 Å². The third kappa shape index (κ3) is 3.90. The van der Waals surface area contributed by atoms with Gasteiger partial charge in [-0.2, -0.15) is 0 Å². The van der Waals surface area contributed by atoms with Crippen molar-refractivity contribution in [3.05, 3.63) is 29.9 Å². The molecule has 3 nitrogen and oxygen atoms in total. The zero-order chi connectivity index (χ0) is 13.8. The summed E-state index contributed by atoms with van der Waals surface area (Å²) in [6, 6.07) is 0. The molecule has 0 heterocycles. The van der Waals surface area contributed by atoms with Gasteiger partial charge in [0.2, 0.25) is 0 Å². The molecule has 1 amide bonds. The Labute approximate surface area is 110 Å². The van der Waals surface area contributed by atoms with E-state index in [2.05, 4.69) is 26.8 Å². The van der Waals surface area contributed by atoms with Crippen LogP contribution in [-0.4, -0.2) is 24.1 Å². The van der Waals surface area contributed by atoms with Crippen LogP contribution < -0.4 is 0 Å². The summed E-state index contributed by atoms with van der Waals surface area (Å²) in [4.78, 5) is 13.5. The molecule has 0 saturated heterocycles. The van der Waals surface area contributed by atoms with Crippen molar-refractivity contribution >= 4 is 6.09 Å². The smallest absolute Gasteiger partial charge is 0.414 e. The van der Waals surface area contributed by atoms with Crippen LogP contribution in [0, 0.1) is 11.8 Å². The van der Waals surface area contributed by atoms with Crippen LogP contribution in [0.25, 0.3) is 0 Å². The average molecular weight is 250 g/mol. The van der Waals surface area contributed by atoms with Gasteiger partial charge in [0.1, 0.15) is 5.76 Å². The molecule has 0 bridgehead atoms. The fourth-order valence-electron chi connectivity index (χ4n) is 1.81. The number of rotatable bonds is 3. The van der Waals surface area contributed by atoms with E-state index in [1.165, 1.54) is 5.57 Å². The van der Waals surface area contributed by atoms with Gasteiger partial charge in [0.05, 0.1) is 0 Å². The Balaban J connectivity index is 2.71. The summed E-state index contributed by atoms with van der Waals surface area (Å²) in [5.74, 6) is 0.666. The van der Waals surface area contributed by atoms with E-state index in [0.717, 1.165) is 6.42 Å². The molecule has 1 aliphatic carbocycles. The maximum Gasteiger partial charge on any atom is 0.414 e. The van der Waals surface area contributed by atoms with Gasteiger partial charge in [0.15, 0.2) is 0 Å². The Morgan fingerprint density at radius 3 is 2.44 bits per heavy atom. The monoisotopic (exact) mass is 250 g/mol. The van der Waals surface area contributed by atoms with Crippen LogP contribution >= 0.6 is 0 Å². The van der Waals surface area contributed by atoms with E-state index in [1.54, 1.807) is 4.90 Å². The van der Waals surface area contributed by atoms with Crippen LogP contribution in [0.1, 0.15) is 41.0 Å². The number of hydrogen-bond donors (Lipinski definition) is 0. The molecule has 0 aromatic heterocycles. The lowest BCUT2D eigenvalue weighted by Gasteiger charge is -2.25. The largest absolute Gasteiger partial charge is 0.414 e. The van der Waals surface area contributed by atoms with Gasteiger partial charge >= 0.3 is 6.09 Å². The number of amides is 1. The van der Waals surface area contributed by atoms with Crippen molar-refractivity contribution in [2.24, 2.45) is 5.41 Å². The molecule has 1 radical (unpaired) electrons. The van der Waals surface area contributed by atoms with Gasteiger partial charge in [-0.3, -0.25) is 0 Å². The van der Waals surface area contributed by atoms with Crippen LogP contribution in [0.4, 0.5) is 4.79 Å². The molecule has 0 fully saturated rings. The molecule has 0 aliphatic heterocycles. The summed E-state index contributed by atoms with van der Waals surface area (Å²) in [6.45, 7) is 11.7. The highest BCUT2D eigenvalue weighted by Gasteiger charge is 2.21. The molecular weight excluding hydrogens is 226 g/mol. The van der Waals surface area contributed by atoms with E-state index in [9.17, 15) is 4.79 Å². The summed E-state index contributed by atoms with van der Waals surface area (Å²) in [6.07, 6.45) is 6.64. The van der Waals surface area contributed by atoms with Crippen molar-refractivity contribution in [2.45, 2.75) is 41.0 Å². The highest BCUT2D eigenvalue weighted by Crippen LogP contribution is 2.31. The number of hydrogen-bond acceptors (Lipinski definition) is 2. The predicted octanol–water partition coefficient (Wildman–Crippen LogP) is 3.93. The zero-order valence-corrected chi connectivity index (χ0v) is 12.1. The number of carbonyl (C=O) groups is 1. The third-order valence-electron chi connectivity index (χ3n) is 3.05. The van der Waals surface area contributed by atoms with Crippen molar-refractivity contribution in [1.29, 1.82) is 0 Å². The van der Waals surface area contributed by atoms with E-state index in [-0.39, 0.29) is 11.5 Å². The molecule has 0 atom stereocenters. The fraction of sp³-hybridized carbons (Fsp3) is 0.600. The molecule has 18 heavy (non-hydrogen) atoms. The minimum absolute atomic E-state index is 0.0844. The van der Waals surface area contributed by atoms with Gasteiger partial charge in [0, 0.05) is 19.5 Å². The molecule has 1 rings (SSSR count). The van der Waals surface area contributed by atoms with Gasteiger partial charge in [0.25, 0.3) is 0 Å². The number of carbonyl (C=O) groups excluding carboxylic acids is 1. The average Bonchev–Trinajstić information content (AvgIpc) is 2.29. The van der Waals surface area contributed by atoms with Crippen molar-refractivity contribution in [3.63, 3.8) is 0 Å². The lowest BCUT2D eigenvalue weighted by Crippen LogP contribution is -2.31. The summed E-state index contributed by atoms with van der Waals surface area (Å²) < 4.78 is 5.41. The maximum absolute atomic E-state index is 11.9. The summed E-state index contributed by atoms with van der Waals surface area (Å²) in [5, 5.41) is 0. The SMILES string of the molecule is CCN(CC)C(=O)OC1=CC(C(C)(C)C)=CC[CH]1. The molecule has 0 N–H and O–H groups in total. The minimum Gasteiger partial charge on any atom is -0.414 e. The van der Waals surface area contributed by atoms with Gasteiger partial charge in [-0.1, -0.05) is 26.8 Å². The number of ether oxygens (including phenoxy) is 1. The first-order valence-electron chi connectivity index (χ1n) is 6.60. The minimum atomic E-state index is -0.266. The van der Waals surface area contributed by atoms with Gasteiger partial charge in [-0.25, -0.2) is 4.79 Å². The van der Waals surface area contributed by atoms with E-state index in [1.807, 2.05) is 26.3 Å². The van der Waals surface area contributed by atoms with Crippen LogP contribution in [0.15, 0.2) is 23.5 Å². The first-order chi connectivity index (χ1) is 8.38. The van der Waals surface area contributed by atoms with Crippen LogP contribution in [0.3, 0.4) is 0 Å².